The zero-order chi connectivity index (χ0) is 19.1. The molecule has 0 spiro atoms. The summed E-state index contributed by atoms with van der Waals surface area (Å²) in [4.78, 5) is 10.5. The number of halogens is 1. The first-order chi connectivity index (χ1) is 12.3. The number of carboxylic acids is 1. The van der Waals surface area contributed by atoms with Gasteiger partial charge in [-0.15, -0.1) is 0 Å². The van der Waals surface area contributed by atoms with Crippen LogP contribution in [0.1, 0.15) is 56.1 Å². The zero-order valence-electron chi connectivity index (χ0n) is 16.2. The van der Waals surface area contributed by atoms with E-state index in [0.717, 1.165) is 23.3 Å². The summed E-state index contributed by atoms with van der Waals surface area (Å²) in [5, 5.41) is 30.8. The van der Waals surface area contributed by atoms with Crippen LogP contribution in [0.3, 0.4) is 0 Å². The third-order valence-corrected chi connectivity index (χ3v) is 5.13. The first kappa shape index (κ1) is 24.7. The van der Waals surface area contributed by atoms with E-state index in [0.29, 0.717) is 10.9 Å². The average molecular weight is 407 g/mol. The molecule has 0 radical (unpaired) electrons. The summed E-state index contributed by atoms with van der Waals surface area (Å²) in [5.41, 5.74) is 1.95. The Labute approximate surface area is 188 Å². The van der Waals surface area contributed by atoms with Crippen LogP contribution in [0.2, 0.25) is 5.02 Å². The maximum absolute atomic E-state index is 10.5. The van der Waals surface area contributed by atoms with Gasteiger partial charge >= 0.3 is 29.6 Å². The molecule has 1 aromatic rings. The fraction of sp³-hybridized carbons (Fsp3) is 0.650. The number of aliphatic hydroxyl groups excluding tert-OH is 2. The summed E-state index contributed by atoms with van der Waals surface area (Å²) in [6.07, 6.45) is 4.47. The van der Waals surface area contributed by atoms with E-state index >= 15 is 0 Å². The minimum atomic E-state index is -1.34. The molecule has 1 unspecified atom stereocenters. The Morgan fingerprint density at radius 2 is 1.93 bits per heavy atom. The van der Waals surface area contributed by atoms with Crippen LogP contribution < -0.4 is 39.4 Å². The van der Waals surface area contributed by atoms with Crippen molar-refractivity contribution in [2.45, 2.75) is 70.5 Å². The fourth-order valence-electron chi connectivity index (χ4n) is 3.70. The predicted molar refractivity (Wildman–Crippen MR) is 98.2 cm³/mol. The van der Waals surface area contributed by atoms with Crippen molar-refractivity contribution in [3.63, 3.8) is 0 Å². The molecule has 1 aromatic carbocycles. The Hall–Kier alpha value is -0.300. The van der Waals surface area contributed by atoms with Gasteiger partial charge in [-0.3, -0.25) is 0 Å². The molecular weight excluding hydrogens is 379 g/mol. The molecule has 1 aliphatic carbocycles. The number of aryl methyl sites for hydroxylation is 1. The van der Waals surface area contributed by atoms with Crippen molar-refractivity contribution < 1.29 is 54.4 Å². The van der Waals surface area contributed by atoms with Crippen molar-refractivity contribution in [2.75, 3.05) is 6.61 Å². The summed E-state index contributed by atoms with van der Waals surface area (Å²) in [7, 11) is 0. The molecule has 1 fully saturated rings. The molecule has 0 saturated heterocycles. The summed E-state index contributed by atoms with van der Waals surface area (Å²) < 4.78 is 5.85. The van der Waals surface area contributed by atoms with Crippen LogP contribution in [-0.4, -0.2) is 35.0 Å². The van der Waals surface area contributed by atoms with E-state index in [1.165, 1.54) is 32.1 Å². The van der Waals surface area contributed by atoms with E-state index in [1.807, 2.05) is 19.1 Å². The molecule has 0 aliphatic heterocycles. The molecule has 5 nitrogen and oxygen atoms in total. The second kappa shape index (κ2) is 12.3. The number of rotatable bonds is 9. The van der Waals surface area contributed by atoms with Crippen molar-refractivity contribution in [3.8, 4) is 5.75 Å². The maximum atomic E-state index is 10.5. The topological polar surface area (TPSA) is 89.8 Å². The number of aliphatic carboxylic acids is 1. The van der Waals surface area contributed by atoms with Gasteiger partial charge in [0.05, 0.1) is 12.2 Å². The molecule has 0 amide bonds. The number of aliphatic hydroxyl groups is 2. The van der Waals surface area contributed by atoms with Gasteiger partial charge in [-0.1, -0.05) is 43.7 Å². The molecule has 0 heterocycles. The second-order valence-electron chi connectivity index (χ2n) is 7.35. The Morgan fingerprint density at radius 3 is 2.56 bits per heavy atom. The Kier molecular flexibility index (Phi) is 11.3. The van der Waals surface area contributed by atoms with Crippen LogP contribution in [0.25, 0.3) is 0 Å². The predicted octanol–water partition coefficient (Wildman–Crippen LogP) is -0.594. The molecule has 1 saturated carbocycles. The number of ether oxygens (including phenoxy) is 1. The normalized spacial score (nSPS) is 17.0. The van der Waals surface area contributed by atoms with Gasteiger partial charge in [0.1, 0.15) is 12.4 Å². The maximum Gasteiger partial charge on any atom is 1.00 e. The van der Waals surface area contributed by atoms with Crippen molar-refractivity contribution in [3.05, 3.63) is 28.3 Å². The third-order valence-electron chi connectivity index (χ3n) is 4.92. The SMILES string of the molecule is Cc1cc(Cl)cc(CC2CCCCC2)c1OCC(O)C[C@@H](O)CC(=O)[O-].[Na+]. The zero-order valence-corrected chi connectivity index (χ0v) is 19.0. The molecule has 0 aromatic heterocycles. The Balaban J connectivity index is 0.00000364. The molecule has 27 heavy (non-hydrogen) atoms. The van der Waals surface area contributed by atoms with Crippen molar-refractivity contribution in [1.29, 1.82) is 0 Å². The molecule has 146 valence electrons. The summed E-state index contributed by atoms with van der Waals surface area (Å²) in [6, 6.07) is 3.76. The summed E-state index contributed by atoms with van der Waals surface area (Å²) in [5.74, 6) is 0.0149. The number of hydrogen-bond donors (Lipinski definition) is 2. The van der Waals surface area contributed by atoms with Gasteiger partial charge in [0.25, 0.3) is 0 Å². The Bertz CT molecular complexity index is 604. The number of hydrogen-bond acceptors (Lipinski definition) is 5. The minimum Gasteiger partial charge on any atom is -0.550 e. The molecule has 1 aliphatic rings. The van der Waals surface area contributed by atoms with Gasteiger partial charge in [0.15, 0.2) is 0 Å². The van der Waals surface area contributed by atoms with Crippen molar-refractivity contribution >= 4 is 17.6 Å². The smallest absolute Gasteiger partial charge is 0.550 e. The number of carboxylic acid groups (broad SMARTS) is 1. The van der Waals surface area contributed by atoms with Crippen LogP contribution in [0, 0.1) is 12.8 Å². The Morgan fingerprint density at radius 1 is 1.26 bits per heavy atom. The number of carbonyl (C=O) groups is 1. The quantitative estimate of drug-likeness (QED) is 0.535. The average Bonchev–Trinajstić information content (AvgIpc) is 2.54. The fourth-order valence-corrected chi connectivity index (χ4v) is 3.99. The van der Waals surface area contributed by atoms with Crippen LogP contribution in [0.15, 0.2) is 12.1 Å². The molecule has 2 N–H and O–H groups in total. The largest absolute Gasteiger partial charge is 1.00 e. The van der Waals surface area contributed by atoms with E-state index in [4.69, 9.17) is 16.3 Å². The second-order valence-corrected chi connectivity index (χ2v) is 7.79. The van der Waals surface area contributed by atoms with Crippen LogP contribution in [0.5, 0.6) is 5.75 Å². The van der Waals surface area contributed by atoms with E-state index in [2.05, 4.69) is 0 Å². The molecule has 0 bridgehead atoms. The van der Waals surface area contributed by atoms with Crippen LogP contribution in [0.4, 0.5) is 0 Å². The van der Waals surface area contributed by atoms with Gasteiger partial charge in [0.2, 0.25) is 0 Å². The van der Waals surface area contributed by atoms with Crippen molar-refractivity contribution in [2.24, 2.45) is 5.92 Å². The van der Waals surface area contributed by atoms with Crippen LogP contribution in [-0.2, 0) is 11.2 Å². The van der Waals surface area contributed by atoms with Gasteiger partial charge in [0, 0.05) is 23.8 Å². The van der Waals surface area contributed by atoms with Gasteiger partial charge in [-0.25, -0.2) is 0 Å². The first-order valence-electron chi connectivity index (χ1n) is 9.33. The summed E-state index contributed by atoms with van der Waals surface area (Å²) in [6.45, 7) is 1.91. The van der Waals surface area contributed by atoms with Gasteiger partial charge in [-0.2, -0.15) is 0 Å². The molecular formula is C20H28ClNaO5. The molecule has 2 rings (SSSR count). The van der Waals surface area contributed by atoms with Crippen molar-refractivity contribution in [1.82, 2.24) is 0 Å². The first-order valence-corrected chi connectivity index (χ1v) is 9.70. The minimum absolute atomic E-state index is 0. The monoisotopic (exact) mass is 406 g/mol. The van der Waals surface area contributed by atoms with Crippen LogP contribution >= 0.6 is 11.6 Å². The molecule has 2 atom stereocenters. The third kappa shape index (κ3) is 8.71. The standard InChI is InChI=1S/C20H29ClO5.Na/c1-13-7-16(21)9-15(8-14-5-3-2-4-6-14)20(13)26-12-18(23)10-17(22)11-19(24)25;/h7,9,14,17-18,22-23H,2-6,8,10-12H2,1H3,(H,24,25);/q;+1/p-1/t17-,18?;/m1./s1. The number of carbonyl (C=O) groups excluding carboxylic acids is 1. The van der Waals surface area contributed by atoms with Gasteiger partial charge in [-0.05, 0) is 42.5 Å². The van der Waals surface area contributed by atoms with E-state index in [1.54, 1.807) is 0 Å². The molecule has 7 heteroatoms. The van der Waals surface area contributed by atoms with E-state index in [-0.39, 0.29) is 42.6 Å². The van der Waals surface area contributed by atoms with E-state index < -0.39 is 24.6 Å². The summed E-state index contributed by atoms with van der Waals surface area (Å²) >= 11 is 6.22. The van der Waals surface area contributed by atoms with Gasteiger partial charge < -0.3 is 24.9 Å². The number of benzene rings is 1. The van der Waals surface area contributed by atoms with E-state index in [9.17, 15) is 20.1 Å².